The van der Waals surface area contributed by atoms with Crippen molar-refractivity contribution in [1.29, 1.82) is 0 Å². The van der Waals surface area contributed by atoms with Gasteiger partial charge in [0.2, 0.25) is 0 Å². The van der Waals surface area contributed by atoms with Gasteiger partial charge in [-0.3, -0.25) is 0 Å². The number of aromatic nitrogens is 2. The summed E-state index contributed by atoms with van der Waals surface area (Å²) in [4.78, 5) is 4.20. The number of nitrogens with two attached hydrogens (primary N) is 1. The van der Waals surface area contributed by atoms with Crippen molar-refractivity contribution in [1.82, 2.24) is 9.55 Å². The highest BCUT2D eigenvalue weighted by molar-refractivity contribution is 5.08. The second-order valence-electron chi connectivity index (χ2n) is 5.20. The maximum absolute atomic E-state index is 6.17. The molecule has 0 amide bonds. The zero-order chi connectivity index (χ0) is 12.3. The second kappa shape index (κ2) is 4.97. The molecule has 0 bridgehead atoms. The Morgan fingerprint density at radius 2 is 2.12 bits per heavy atom. The summed E-state index contributed by atoms with van der Waals surface area (Å²) in [5, 5.41) is 0. The predicted octanol–water partition coefficient (Wildman–Crippen LogP) is 1.92. The van der Waals surface area contributed by atoms with Gasteiger partial charge in [-0.25, -0.2) is 4.98 Å². The molecule has 0 aliphatic rings. The fourth-order valence-electron chi connectivity index (χ4n) is 1.82. The number of hydrogen-bond acceptors (Lipinski definition) is 3. The minimum atomic E-state index is -0.118. The van der Waals surface area contributed by atoms with Gasteiger partial charge >= 0.3 is 0 Å². The largest absolute Gasteiger partial charge is 0.382 e. The molecular weight excluding hydrogens is 202 g/mol. The first-order valence-corrected chi connectivity index (χ1v) is 5.67. The molecule has 1 heterocycles. The van der Waals surface area contributed by atoms with Gasteiger partial charge in [-0.2, -0.15) is 0 Å². The van der Waals surface area contributed by atoms with E-state index < -0.39 is 0 Å². The first-order valence-electron chi connectivity index (χ1n) is 5.67. The Morgan fingerprint density at radius 1 is 1.50 bits per heavy atom. The van der Waals surface area contributed by atoms with Crippen LogP contribution in [0.15, 0.2) is 12.5 Å². The maximum atomic E-state index is 6.17. The van der Waals surface area contributed by atoms with E-state index in [9.17, 15) is 0 Å². The van der Waals surface area contributed by atoms with E-state index in [2.05, 4.69) is 37.2 Å². The highest BCUT2D eigenvalue weighted by Gasteiger charge is 2.25. The van der Waals surface area contributed by atoms with Crippen LogP contribution in [0.4, 0.5) is 0 Å². The first-order chi connectivity index (χ1) is 7.40. The van der Waals surface area contributed by atoms with Crippen LogP contribution in [-0.2, 0) is 10.3 Å². The molecule has 1 aromatic heterocycles. The summed E-state index contributed by atoms with van der Waals surface area (Å²) in [6, 6.07) is 0.0126. The first kappa shape index (κ1) is 13.2. The number of ether oxygens (including phenoxy) is 1. The average Bonchev–Trinajstić information content (AvgIpc) is 2.65. The third-order valence-electron chi connectivity index (χ3n) is 2.88. The van der Waals surface area contributed by atoms with E-state index in [1.54, 1.807) is 7.11 Å². The van der Waals surface area contributed by atoms with Crippen LogP contribution in [0.5, 0.6) is 0 Å². The Balaban J connectivity index is 3.02. The lowest BCUT2D eigenvalue weighted by Gasteiger charge is -2.30. The quantitative estimate of drug-likeness (QED) is 0.833. The molecule has 4 nitrogen and oxygen atoms in total. The molecule has 0 saturated heterocycles. The van der Waals surface area contributed by atoms with E-state index >= 15 is 0 Å². The molecule has 1 rings (SSSR count). The molecule has 1 aromatic rings. The second-order valence-corrected chi connectivity index (χ2v) is 5.20. The molecule has 16 heavy (non-hydrogen) atoms. The molecule has 0 spiro atoms. The van der Waals surface area contributed by atoms with E-state index in [1.165, 1.54) is 0 Å². The summed E-state index contributed by atoms with van der Waals surface area (Å²) in [5.74, 6) is 0.397. The monoisotopic (exact) mass is 225 g/mol. The van der Waals surface area contributed by atoms with Crippen LogP contribution < -0.4 is 5.73 Å². The Hall–Kier alpha value is -0.870. The minimum Gasteiger partial charge on any atom is -0.382 e. The predicted molar refractivity (Wildman–Crippen MR) is 65.2 cm³/mol. The van der Waals surface area contributed by atoms with E-state index in [1.807, 2.05) is 12.5 Å². The summed E-state index contributed by atoms with van der Waals surface area (Å²) < 4.78 is 7.35. The Morgan fingerprint density at radius 3 is 2.62 bits per heavy atom. The molecule has 2 N–H and O–H groups in total. The van der Waals surface area contributed by atoms with Gasteiger partial charge < -0.3 is 15.0 Å². The zero-order valence-corrected chi connectivity index (χ0v) is 10.9. The van der Waals surface area contributed by atoms with Gasteiger partial charge in [0.05, 0.1) is 24.2 Å². The van der Waals surface area contributed by atoms with Crippen LogP contribution in [0.25, 0.3) is 0 Å². The number of imidazole rings is 1. The van der Waals surface area contributed by atoms with Crippen LogP contribution in [0.2, 0.25) is 0 Å². The molecule has 0 aromatic carbocycles. The van der Waals surface area contributed by atoms with Crippen LogP contribution in [0.1, 0.15) is 39.4 Å². The third-order valence-corrected chi connectivity index (χ3v) is 2.88. The van der Waals surface area contributed by atoms with Crippen LogP contribution in [0, 0.1) is 5.92 Å². The summed E-state index contributed by atoms with van der Waals surface area (Å²) in [5.41, 5.74) is 7.12. The summed E-state index contributed by atoms with van der Waals surface area (Å²) in [6.07, 6.45) is 3.68. The highest BCUT2D eigenvalue weighted by Crippen LogP contribution is 2.24. The summed E-state index contributed by atoms with van der Waals surface area (Å²) in [6.45, 7) is 9.11. The van der Waals surface area contributed by atoms with Crippen molar-refractivity contribution in [3.8, 4) is 0 Å². The standard InChI is InChI=1S/C12H23N3O/c1-9(2)11(13)10-6-14-8-15(10)12(3,4)7-16-5/h6,8-9,11H,7,13H2,1-5H3. The smallest absolute Gasteiger partial charge is 0.0954 e. The highest BCUT2D eigenvalue weighted by atomic mass is 16.5. The summed E-state index contributed by atoms with van der Waals surface area (Å²) in [7, 11) is 1.71. The topological polar surface area (TPSA) is 53.1 Å². The number of nitrogens with zero attached hydrogens (tertiary/aromatic N) is 2. The lowest BCUT2D eigenvalue weighted by molar-refractivity contribution is 0.106. The van der Waals surface area contributed by atoms with Crippen molar-refractivity contribution in [2.75, 3.05) is 13.7 Å². The van der Waals surface area contributed by atoms with Crippen LogP contribution in [0.3, 0.4) is 0 Å². The minimum absolute atomic E-state index is 0.0126. The van der Waals surface area contributed by atoms with Crippen molar-refractivity contribution in [2.45, 2.75) is 39.3 Å². The zero-order valence-electron chi connectivity index (χ0n) is 10.9. The maximum Gasteiger partial charge on any atom is 0.0954 e. The Labute approximate surface area is 97.8 Å². The van der Waals surface area contributed by atoms with Crippen molar-refractivity contribution >= 4 is 0 Å². The SMILES string of the molecule is COCC(C)(C)n1cncc1C(N)C(C)C. The lowest BCUT2D eigenvalue weighted by atomic mass is 10.00. The third kappa shape index (κ3) is 2.62. The molecule has 0 aliphatic carbocycles. The van der Waals surface area contributed by atoms with E-state index in [0.717, 1.165) is 5.69 Å². The summed E-state index contributed by atoms with van der Waals surface area (Å²) >= 11 is 0. The average molecular weight is 225 g/mol. The van der Waals surface area contributed by atoms with Gasteiger partial charge in [0, 0.05) is 19.3 Å². The van der Waals surface area contributed by atoms with Crippen LogP contribution in [-0.4, -0.2) is 23.3 Å². The molecule has 0 radical (unpaired) electrons. The molecule has 0 fully saturated rings. The van der Waals surface area contributed by atoms with Crippen molar-refractivity contribution in [3.63, 3.8) is 0 Å². The van der Waals surface area contributed by atoms with Gasteiger partial charge in [-0.1, -0.05) is 13.8 Å². The molecule has 0 aliphatic heterocycles. The van der Waals surface area contributed by atoms with Crippen molar-refractivity contribution in [2.24, 2.45) is 11.7 Å². The van der Waals surface area contributed by atoms with Gasteiger partial charge in [-0.15, -0.1) is 0 Å². The van der Waals surface area contributed by atoms with Gasteiger partial charge in [-0.05, 0) is 19.8 Å². The Kier molecular flexibility index (Phi) is 4.10. The number of hydrogen-bond donors (Lipinski definition) is 1. The molecule has 4 heteroatoms. The van der Waals surface area contributed by atoms with Gasteiger partial charge in [0.1, 0.15) is 0 Å². The Bertz CT molecular complexity index is 331. The molecular formula is C12H23N3O. The molecule has 0 saturated carbocycles. The van der Waals surface area contributed by atoms with Gasteiger partial charge in [0.25, 0.3) is 0 Å². The number of methoxy groups -OCH3 is 1. The molecule has 92 valence electrons. The van der Waals surface area contributed by atoms with E-state index in [-0.39, 0.29) is 11.6 Å². The number of rotatable bonds is 5. The molecule has 1 atom stereocenters. The van der Waals surface area contributed by atoms with Crippen molar-refractivity contribution in [3.05, 3.63) is 18.2 Å². The lowest BCUT2D eigenvalue weighted by Crippen LogP contribution is -2.34. The fourth-order valence-corrected chi connectivity index (χ4v) is 1.82. The normalized spacial score (nSPS) is 14.4. The van der Waals surface area contributed by atoms with E-state index in [0.29, 0.717) is 12.5 Å². The van der Waals surface area contributed by atoms with Gasteiger partial charge in [0.15, 0.2) is 0 Å². The fraction of sp³-hybridized carbons (Fsp3) is 0.750. The van der Waals surface area contributed by atoms with E-state index in [4.69, 9.17) is 10.5 Å². The van der Waals surface area contributed by atoms with Crippen LogP contribution >= 0.6 is 0 Å². The van der Waals surface area contributed by atoms with Crippen molar-refractivity contribution < 1.29 is 4.74 Å². The molecule has 1 unspecified atom stereocenters.